The van der Waals surface area contributed by atoms with Crippen LogP contribution in [0, 0.1) is 0 Å². The summed E-state index contributed by atoms with van der Waals surface area (Å²) >= 11 is 1.50. The van der Waals surface area contributed by atoms with Gasteiger partial charge in [0.05, 0.1) is 24.5 Å². The number of nitrogens with one attached hydrogen (secondary N) is 1. The second-order valence-corrected chi connectivity index (χ2v) is 6.71. The molecule has 2 aromatic carbocycles. The predicted molar refractivity (Wildman–Crippen MR) is 110 cm³/mol. The summed E-state index contributed by atoms with van der Waals surface area (Å²) in [5.41, 5.74) is 1.61. The number of benzene rings is 2. The van der Waals surface area contributed by atoms with E-state index >= 15 is 0 Å². The first-order valence-corrected chi connectivity index (χ1v) is 9.86. The Morgan fingerprint density at radius 3 is 2.63 bits per heavy atom. The summed E-state index contributed by atoms with van der Waals surface area (Å²) in [5.74, 6) is 1.54. The number of hydrogen-bond donors (Lipinski definition) is 1. The number of ether oxygens (including phenoxy) is 2. The molecular weight excluding hydrogens is 360 g/mol. The van der Waals surface area contributed by atoms with E-state index in [-0.39, 0.29) is 5.91 Å². The summed E-state index contributed by atoms with van der Waals surface area (Å²) in [6.45, 7) is 4.92. The highest BCUT2D eigenvalue weighted by atomic mass is 32.2. The molecule has 0 aliphatic rings. The van der Waals surface area contributed by atoms with Gasteiger partial charge < -0.3 is 14.8 Å². The minimum absolute atomic E-state index is 0.0764. The summed E-state index contributed by atoms with van der Waals surface area (Å²) in [6, 6.07) is 15.3. The lowest BCUT2D eigenvalue weighted by Gasteiger charge is -2.13. The number of fused-ring (bicyclic) bond motifs is 1. The van der Waals surface area contributed by atoms with Crippen LogP contribution in [0.3, 0.4) is 0 Å². The van der Waals surface area contributed by atoms with Crippen molar-refractivity contribution < 1.29 is 14.3 Å². The van der Waals surface area contributed by atoms with E-state index in [0.29, 0.717) is 36.2 Å². The molecule has 0 saturated heterocycles. The molecule has 3 aromatic rings. The van der Waals surface area contributed by atoms with Gasteiger partial charge in [-0.3, -0.25) is 9.78 Å². The summed E-state index contributed by atoms with van der Waals surface area (Å²) in [4.78, 5) is 17.8. The molecule has 3 rings (SSSR count). The van der Waals surface area contributed by atoms with Crippen LogP contribution in [0.2, 0.25) is 0 Å². The lowest BCUT2D eigenvalue weighted by atomic mass is 10.2. The van der Waals surface area contributed by atoms with Crippen molar-refractivity contribution in [2.24, 2.45) is 0 Å². The molecule has 6 heteroatoms. The molecule has 1 N–H and O–H groups in total. The number of nitrogens with zero attached hydrogens (tertiary/aromatic N) is 1. The van der Waals surface area contributed by atoms with Crippen molar-refractivity contribution in [2.45, 2.75) is 18.7 Å². The normalized spacial score (nSPS) is 10.6. The highest BCUT2D eigenvalue weighted by Gasteiger charge is 2.10. The van der Waals surface area contributed by atoms with E-state index in [1.165, 1.54) is 11.8 Å². The van der Waals surface area contributed by atoms with Gasteiger partial charge in [0.25, 0.3) is 0 Å². The molecule has 0 unspecified atom stereocenters. The quantitative estimate of drug-likeness (QED) is 0.569. The Bertz CT molecular complexity index is 925. The number of pyridine rings is 1. The average Bonchev–Trinajstić information content (AvgIpc) is 2.68. The molecule has 0 saturated carbocycles. The molecule has 0 bridgehead atoms. The lowest BCUT2D eigenvalue weighted by Crippen LogP contribution is -2.14. The van der Waals surface area contributed by atoms with Crippen LogP contribution in [-0.4, -0.2) is 29.9 Å². The smallest absolute Gasteiger partial charge is 0.234 e. The summed E-state index contributed by atoms with van der Waals surface area (Å²) < 4.78 is 11.1. The third kappa shape index (κ3) is 4.92. The molecule has 0 atom stereocenters. The molecule has 0 fully saturated rings. The number of rotatable bonds is 8. The molecule has 1 amide bonds. The summed E-state index contributed by atoms with van der Waals surface area (Å²) in [5, 5.41) is 3.97. The van der Waals surface area contributed by atoms with Crippen molar-refractivity contribution in [3.05, 3.63) is 54.7 Å². The predicted octanol–water partition coefficient (Wildman–Crippen LogP) is 4.76. The van der Waals surface area contributed by atoms with Gasteiger partial charge in [-0.1, -0.05) is 18.2 Å². The van der Waals surface area contributed by atoms with E-state index in [9.17, 15) is 4.79 Å². The lowest BCUT2D eigenvalue weighted by molar-refractivity contribution is -0.113. The van der Waals surface area contributed by atoms with Crippen molar-refractivity contribution in [1.29, 1.82) is 0 Å². The summed E-state index contributed by atoms with van der Waals surface area (Å²) in [7, 11) is 0. The first-order valence-electron chi connectivity index (χ1n) is 8.87. The van der Waals surface area contributed by atoms with E-state index in [1.54, 1.807) is 12.3 Å². The number of amides is 1. The van der Waals surface area contributed by atoms with E-state index in [0.717, 1.165) is 15.8 Å². The van der Waals surface area contributed by atoms with Gasteiger partial charge in [-0.05, 0) is 38.1 Å². The van der Waals surface area contributed by atoms with Gasteiger partial charge in [0.2, 0.25) is 5.91 Å². The third-order valence-electron chi connectivity index (χ3n) is 3.79. The zero-order valence-corrected chi connectivity index (χ0v) is 16.2. The molecule has 27 heavy (non-hydrogen) atoms. The zero-order chi connectivity index (χ0) is 19.1. The van der Waals surface area contributed by atoms with Crippen LogP contribution < -0.4 is 14.8 Å². The van der Waals surface area contributed by atoms with Crippen LogP contribution in [0.1, 0.15) is 13.8 Å². The maximum absolute atomic E-state index is 12.4. The van der Waals surface area contributed by atoms with Crippen LogP contribution in [0.4, 0.5) is 5.69 Å². The maximum Gasteiger partial charge on any atom is 0.234 e. The fraction of sp³-hybridized carbons (Fsp3) is 0.238. The number of hydrogen-bond acceptors (Lipinski definition) is 5. The molecular formula is C21H22N2O3S. The van der Waals surface area contributed by atoms with Gasteiger partial charge in [0, 0.05) is 28.2 Å². The average molecular weight is 382 g/mol. The van der Waals surface area contributed by atoms with Crippen molar-refractivity contribution in [3.8, 4) is 11.5 Å². The van der Waals surface area contributed by atoms with Crippen molar-refractivity contribution >= 4 is 34.3 Å². The van der Waals surface area contributed by atoms with Crippen molar-refractivity contribution in [2.75, 3.05) is 24.3 Å². The van der Waals surface area contributed by atoms with Gasteiger partial charge in [0.15, 0.2) is 11.5 Å². The zero-order valence-electron chi connectivity index (χ0n) is 15.4. The molecule has 0 aliphatic carbocycles. The Balaban J connectivity index is 1.66. The Kier molecular flexibility index (Phi) is 6.54. The highest BCUT2D eigenvalue weighted by molar-refractivity contribution is 8.00. The number of carbonyl (C=O) groups excluding carboxylic acids is 1. The van der Waals surface area contributed by atoms with Gasteiger partial charge >= 0.3 is 0 Å². The Morgan fingerprint density at radius 2 is 1.81 bits per heavy atom. The van der Waals surface area contributed by atoms with Crippen LogP contribution in [0.15, 0.2) is 59.6 Å². The van der Waals surface area contributed by atoms with Gasteiger partial charge in [-0.15, -0.1) is 11.8 Å². The first kappa shape index (κ1) is 19.0. The minimum Gasteiger partial charge on any atom is -0.490 e. The topological polar surface area (TPSA) is 60.5 Å². The minimum atomic E-state index is -0.0764. The fourth-order valence-corrected chi connectivity index (χ4v) is 3.51. The van der Waals surface area contributed by atoms with Gasteiger partial charge in [0.1, 0.15) is 0 Å². The van der Waals surface area contributed by atoms with E-state index in [4.69, 9.17) is 9.47 Å². The van der Waals surface area contributed by atoms with E-state index in [1.807, 2.05) is 56.3 Å². The third-order valence-corrected chi connectivity index (χ3v) is 4.87. The standard InChI is InChI=1S/C21H22N2O3S/c1-3-25-18-10-9-15(13-19(18)26-4-2)23-21(24)14-27-20-11-12-22-17-8-6-5-7-16(17)20/h5-13H,3-4,14H2,1-2H3,(H,23,24). The second-order valence-electron chi connectivity index (χ2n) is 5.69. The molecule has 140 valence electrons. The monoisotopic (exact) mass is 382 g/mol. The van der Waals surface area contributed by atoms with Crippen LogP contribution >= 0.6 is 11.8 Å². The first-order chi connectivity index (χ1) is 13.2. The van der Waals surface area contributed by atoms with Gasteiger partial charge in [-0.2, -0.15) is 0 Å². The second kappa shape index (κ2) is 9.28. The SMILES string of the molecule is CCOc1ccc(NC(=O)CSc2ccnc3ccccc23)cc1OCC. The van der Waals surface area contributed by atoms with Crippen molar-refractivity contribution in [3.63, 3.8) is 0 Å². The maximum atomic E-state index is 12.4. The number of thioether (sulfide) groups is 1. The number of aromatic nitrogens is 1. The van der Waals surface area contributed by atoms with Crippen LogP contribution in [-0.2, 0) is 4.79 Å². The Labute approximate surface area is 163 Å². The van der Waals surface area contributed by atoms with E-state index in [2.05, 4.69) is 10.3 Å². The van der Waals surface area contributed by atoms with Crippen LogP contribution in [0.5, 0.6) is 11.5 Å². The highest BCUT2D eigenvalue weighted by Crippen LogP contribution is 2.31. The van der Waals surface area contributed by atoms with Crippen LogP contribution in [0.25, 0.3) is 10.9 Å². The fourth-order valence-electron chi connectivity index (χ4n) is 2.66. The van der Waals surface area contributed by atoms with E-state index < -0.39 is 0 Å². The molecule has 1 heterocycles. The van der Waals surface area contributed by atoms with Gasteiger partial charge in [-0.25, -0.2) is 0 Å². The summed E-state index contributed by atoms with van der Waals surface area (Å²) in [6.07, 6.45) is 1.77. The molecule has 1 aromatic heterocycles. The molecule has 5 nitrogen and oxygen atoms in total. The Hall–Kier alpha value is -2.73. The number of para-hydroxylation sites is 1. The molecule has 0 radical (unpaired) electrons. The van der Waals surface area contributed by atoms with Crippen molar-refractivity contribution in [1.82, 2.24) is 4.98 Å². The molecule has 0 spiro atoms. The number of carbonyl (C=O) groups is 1. The number of anilines is 1. The largest absolute Gasteiger partial charge is 0.490 e. The molecule has 0 aliphatic heterocycles. The Morgan fingerprint density at radius 1 is 1.04 bits per heavy atom.